The van der Waals surface area contributed by atoms with Crippen LogP contribution in [0.25, 0.3) is 44.5 Å². The zero-order valence-electron chi connectivity index (χ0n) is 30.3. The number of fused-ring (bicyclic) bond motifs is 1. The molecule has 5 aromatic carbocycles. The fourth-order valence-corrected chi connectivity index (χ4v) is 7.44. The highest BCUT2D eigenvalue weighted by atomic mass is 16.3. The van der Waals surface area contributed by atoms with E-state index in [4.69, 9.17) is 9.40 Å². The topological polar surface area (TPSA) is 43.0 Å². The lowest BCUT2D eigenvalue weighted by Gasteiger charge is -2.30. The van der Waals surface area contributed by atoms with E-state index < -0.39 is 0 Å². The molecule has 1 N–H and O–H groups in total. The SMILES string of the molecule is CCc1oc2ccccc2c1-c1cn(C)c(C(Nc2c(C(C)C)cccc2C(C)C)c2c(-c3ccccc3)cc(C)cc2-c2ccccc2)n1. The number of nitrogens with zero attached hydrogens (tertiary/aromatic N) is 2. The van der Waals surface area contributed by atoms with Crippen molar-refractivity contribution in [3.63, 3.8) is 0 Å². The van der Waals surface area contributed by atoms with E-state index in [-0.39, 0.29) is 6.04 Å². The quantitative estimate of drug-likeness (QED) is 0.159. The molecule has 0 radical (unpaired) electrons. The van der Waals surface area contributed by atoms with Gasteiger partial charge in [-0.2, -0.15) is 0 Å². The van der Waals surface area contributed by atoms with Gasteiger partial charge in [-0.1, -0.05) is 144 Å². The minimum Gasteiger partial charge on any atom is -0.460 e. The molecule has 2 heterocycles. The predicted octanol–water partition coefficient (Wildman–Crippen LogP) is 12.5. The minimum atomic E-state index is -0.291. The summed E-state index contributed by atoms with van der Waals surface area (Å²) in [6, 6.07) is 41.0. The van der Waals surface area contributed by atoms with E-state index in [1.165, 1.54) is 50.2 Å². The van der Waals surface area contributed by atoms with Crippen molar-refractivity contribution in [2.45, 2.75) is 65.8 Å². The van der Waals surface area contributed by atoms with Gasteiger partial charge in [0.2, 0.25) is 0 Å². The minimum absolute atomic E-state index is 0.291. The van der Waals surface area contributed by atoms with Crippen molar-refractivity contribution in [2.75, 3.05) is 5.32 Å². The van der Waals surface area contributed by atoms with Crippen LogP contribution in [-0.2, 0) is 13.5 Å². The third-order valence-electron chi connectivity index (χ3n) is 9.86. The van der Waals surface area contributed by atoms with E-state index in [0.29, 0.717) is 11.8 Å². The van der Waals surface area contributed by atoms with Crippen LogP contribution in [0.5, 0.6) is 0 Å². The van der Waals surface area contributed by atoms with E-state index in [1.54, 1.807) is 0 Å². The summed E-state index contributed by atoms with van der Waals surface area (Å²) in [4.78, 5) is 5.57. The average Bonchev–Trinajstić information content (AvgIpc) is 3.70. The molecule has 4 heteroatoms. The van der Waals surface area contributed by atoms with Crippen LogP contribution < -0.4 is 5.32 Å². The Morgan fingerprint density at radius 3 is 1.84 bits per heavy atom. The second-order valence-corrected chi connectivity index (χ2v) is 14.0. The van der Waals surface area contributed by atoms with Crippen LogP contribution in [0.1, 0.15) is 86.3 Å². The fraction of sp³-hybridized carbons (Fsp3) is 0.239. The number of anilines is 1. The van der Waals surface area contributed by atoms with E-state index in [2.05, 4.69) is 168 Å². The van der Waals surface area contributed by atoms with Crippen molar-refractivity contribution in [1.82, 2.24) is 9.55 Å². The molecule has 0 saturated carbocycles. The molecule has 252 valence electrons. The van der Waals surface area contributed by atoms with Crippen LogP contribution in [-0.4, -0.2) is 9.55 Å². The van der Waals surface area contributed by atoms with Gasteiger partial charge in [0, 0.05) is 30.7 Å². The Bertz CT molecular complexity index is 2170. The van der Waals surface area contributed by atoms with Crippen LogP contribution in [0.3, 0.4) is 0 Å². The summed E-state index contributed by atoms with van der Waals surface area (Å²) in [5.41, 5.74) is 13.9. The monoisotopic (exact) mass is 657 g/mol. The summed E-state index contributed by atoms with van der Waals surface area (Å²) in [7, 11) is 2.13. The van der Waals surface area contributed by atoms with E-state index in [9.17, 15) is 0 Å². The van der Waals surface area contributed by atoms with Crippen molar-refractivity contribution in [3.05, 3.63) is 155 Å². The van der Waals surface area contributed by atoms with Crippen LogP contribution >= 0.6 is 0 Å². The number of hydrogen-bond acceptors (Lipinski definition) is 3. The molecule has 4 nitrogen and oxygen atoms in total. The highest BCUT2D eigenvalue weighted by Gasteiger charge is 2.30. The lowest BCUT2D eigenvalue weighted by Crippen LogP contribution is -2.21. The molecule has 0 fully saturated rings. The number of benzene rings is 5. The molecular weight excluding hydrogens is 611 g/mol. The molecule has 50 heavy (non-hydrogen) atoms. The van der Waals surface area contributed by atoms with Gasteiger partial charge in [-0.05, 0) is 69.3 Å². The molecule has 7 rings (SSSR count). The van der Waals surface area contributed by atoms with Gasteiger partial charge in [-0.15, -0.1) is 0 Å². The summed E-state index contributed by atoms with van der Waals surface area (Å²) in [5.74, 6) is 2.56. The first kappa shape index (κ1) is 33.2. The molecule has 0 spiro atoms. The lowest BCUT2D eigenvalue weighted by molar-refractivity contribution is 0.558. The maximum atomic E-state index is 6.38. The third kappa shape index (κ3) is 6.15. The molecule has 0 aliphatic heterocycles. The average molecular weight is 658 g/mol. The fourth-order valence-electron chi connectivity index (χ4n) is 7.44. The maximum absolute atomic E-state index is 6.38. The Morgan fingerprint density at radius 1 is 0.720 bits per heavy atom. The molecule has 0 saturated heterocycles. The van der Waals surface area contributed by atoms with Gasteiger partial charge in [0.05, 0.1) is 11.3 Å². The van der Waals surface area contributed by atoms with Crippen molar-refractivity contribution in [1.29, 1.82) is 0 Å². The Kier molecular flexibility index (Phi) is 9.20. The maximum Gasteiger partial charge on any atom is 0.136 e. The standard InChI is InChI=1S/C46H47N3O/c1-8-40-43(36-22-15-16-25-41(36)50-40)39-28-49(7)46(47-39)45(48-44-34(29(2)3)23-17-24-35(44)30(4)5)42-37(32-18-11-9-12-19-32)26-31(6)27-38(42)33-20-13-10-14-21-33/h9-30,45,48H,8H2,1-7H3. The second kappa shape index (κ2) is 13.9. The van der Waals surface area contributed by atoms with Crippen LogP contribution in [0.15, 0.2) is 126 Å². The number of imidazole rings is 1. The van der Waals surface area contributed by atoms with Crippen molar-refractivity contribution >= 4 is 16.7 Å². The smallest absolute Gasteiger partial charge is 0.136 e. The molecule has 0 aliphatic rings. The number of rotatable bonds is 10. The largest absolute Gasteiger partial charge is 0.460 e. The first-order valence-electron chi connectivity index (χ1n) is 17.9. The number of furan rings is 1. The highest BCUT2D eigenvalue weighted by Crippen LogP contribution is 2.45. The summed E-state index contributed by atoms with van der Waals surface area (Å²) < 4.78 is 8.59. The molecular formula is C46H47N3O. The van der Waals surface area contributed by atoms with E-state index in [0.717, 1.165) is 40.2 Å². The summed E-state index contributed by atoms with van der Waals surface area (Å²) in [6.45, 7) is 13.5. The molecule has 0 bridgehead atoms. The van der Waals surface area contributed by atoms with E-state index in [1.807, 2.05) is 12.1 Å². The van der Waals surface area contributed by atoms with Gasteiger partial charge in [0.1, 0.15) is 23.2 Å². The van der Waals surface area contributed by atoms with Gasteiger partial charge < -0.3 is 14.3 Å². The van der Waals surface area contributed by atoms with E-state index >= 15 is 0 Å². The molecule has 0 amide bonds. The van der Waals surface area contributed by atoms with Crippen molar-refractivity contribution < 1.29 is 4.42 Å². The summed E-state index contributed by atoms with van der Waals surface area (Å²) in [6.07, 6.45) is 2.96. The van der Waals surface area contributed by atoms with Gasteiger partial charge in [-0.25, -0.2) is 4.98 Å². The normalized spacial score (nSPS) is 12.3. The Labute approximate surface area is 296 Å². The molecule has 1 atom stereocenters. The summed E-state index contributed by atoms with van der Waals surface area (Å²) in [5, 5.41) is 5.30. The van der Waals surface area contributed by atoms with Crippen LogP contribution in [0.4, 0.5) is 5.69 Å². The highest BCUT2D eigenvalue weighted by molar-refractivity contribution is 5.95. The van der Waals surface area contributed by atoms with Crippen molar-refractivity contribution in [3.8, 4) is 33.5 Å². The van der Waals surface area contributed by atoms with Crippen molar-refractivity contribution in [2.24, 2.45) is 7.05 Å². The zero-order valence-corrected chi connectivity index (χ0v) is 30.3. The predicted molar refractivity (Wildman–Crippen MR) is 210 cm³/mol. The second-order valence-electron chi connectivity index (χ2n) is 14.0. The molecule has 2 aromatic heterocycles. The molecule has 1 unspecified atom stereocenters. The third-order valence-corrected chi connectivity index (χ3v) is 9.86. The van der Waals surface area contributed by atoms with Gasteiger partial charge >= 0.3 is 0 Å². The van der Waals surface area contributed by atoms with Crippen LogP contribution in [0, 0.1) is 6.92 Å². The summed E-state index contributed by atoms with van der Waals surface area (Å²) >= 11 is 0. The van der Waals surface area contributed by atoms with Gasteiger partial charge in [0.15, 0.2) is 0 Å². The Morgan fingerprint density at radius 2 is 1.28 bits per heavy atom. The number of aromatic nitrogens is 2. The number of hydrogen-bond donors (Lipinski definition) is 1. The first-order valence-corrected chi connectivity index (χ1v) is 17.9. The Hall–Kier alpha value is -5.35. The van der Waals surface area contributed by atoms with Gasteiger partial charge in [0.25, 0.3) is 0 Å². The Balaban J connectivity index is 1.56. The van der Waals surface area contributed by atoms with Gasteiger partial charge in [-0.3, -0.25) is 0 Å². The first-order chi connectivity index (χ1) is 24.2. The number of nitrogens with one attached hydrogen (secondary N) is 1. The molecule has 7 aromatic rings. The number of para-hydroxylation sites is 2. The molecule has 0 aliphatic carbocycles. The zero-order chi connectivity index (χ0) is 34.9. The van der Waals surface area contributed by atoms with Crippen LogP contribution in [0.2, 0.25) is 0 Å². The number of aryl methyl sites for hydroxylation is 3. The lowest BCUT2D eigenvalue weighted by atomic mass is 9.85.